The number of nitro groups is 1. The lowest BCUT2D eigenvalue weighted by Gasteiger charge is -2.35. The van der Waals surface area contributed by atoms with Crippen LogP contribution in [0.4, 0.5) is 10.5 Å². The molecule has 0 N–H and O–H groups in total. The van der Waals surface area contributed by atoms with E-state index in [4.69, 9.17) is 9.47 Å². The van der Waals surface area contributed by atoms with Crippen LogP contribution in [0.15, 0.2) is 18.2 Å². The number of carbonyl (C=O) groups is 2. The fourth-order valence-corrected chi connectivity index (χ4v) is 2.92. The van der Waals surface area contributed by atoms with Crippen LogP contribution in [0, 0.1) is 16.0 Å². The molecule has 0 unspecified atom stereocenters. The molecule has 2 atom stereocenters. The highest BCUT2D eigenvalue weighted by molar-refractivity contribution is 5.97. The molecule has 154 valence electrons. The molecule has 0 aliphatic carbocycles. The standard InChI is InChI=1S/C19H27N3O6/c1-12-10-20(5)17(23)14-9-13(22(25)26)7-8-15(14)27-16(12)11-21(6)18(24)28-19(2,3)4/h7-9,12,16H,10-11H2,1-6H3/t12-,16+/m1/s1. The molecule has 1 heterocycles. The molecule has 0 saturated heterocycles. The number of nitrogens with zero attached hydrogens (tertiary/aromatic N) is 3. The summed E-state index contributed by atoms with van der Waals surface area (Å²) in [4.78, 5) is 38.4. The molecule has 2 amide bonds. The molecule has 0 radical (unpaired) electrons. The third kappa shape index (κ3) is 5.11. The number of hydrogen-bond acceptors (Lipinski definition) is 6. The van der Waals surface area contributed by atoms with Gasteiger partial charge in [-0.1, -0.05) is 6.92 Å². The molecule has 1 aliphatic rings. The largest absolute Gasteiger partial charge is 0.487 e. The number of ether oxygens (including phenoxy) is 2. The second-order valence-corrected chi connectivity index (χ2v) is 8.12. The zero-order valence-electron chi connectivity index (χ0n) is 17.1. The van der Waals surface area contributed by atoms with Gasteiger partial charge in [0.25, 0.3) is 11.6 Å². The smallest absolute Gasteiger partial charge is 0.410 e. The second-order valence-electron chi connectivity index (χ2n) is 8.12. The molecule has 1 aromatic carbocycles. The maximum Gasteiger partial charge on any atom is 0.410 e. The van der Waals surface area contributed by atoms with E-state index in [9.17, 15) is 19.7 Å². The summed E-state index contributed by atoms with van der Waals surface area (Å²) in [6.07, 6.45) is -0.896. The van der Waals surface area contributed by atoms with Crippen molar-refractivity contribution in [3.63, 3.8) is 0 Å². The highest BCUT2D eigenvalue weighted by Gasteiger charge is 2.32. The number of rotatable bonds is 3. The van der Waals surface area contributed by atoms with E-state index >= 15 is 0 Å². The number of carbonyl (C=O) groups excluding carboxylic acids is 2. The Morgan fingerprint density at radius 2 is 2.07 bits per heavy atom. The minimum atomic E-state index is -0.614. The summed E-state index contributed by atoms with van der Waals surface area (Å²) in [5.41, 5.74) is -0.662. The van der Waals surface area contributed by atoms with Crippen LogP contribution in [0.2, 0.25) is 0 Å². The van der Waals surface area contributed by atoms with Crippen LogP contribution in [0.1, 0.15) is 38.1 Å². The van der Waals surface area contributed by atoms with Gasteiger partial charge in [-0.3, -0.25) is 14.9 Å². The Kier molecular flexibility index (Phi) is 6.16. The summed E-state index contributed by atoms with van der Waals surface area (Å²) in [5, 5.41) is 11.1. The summed E-state index contributed by atoms with van der Waals surface area (Å²) in [7, 11) is 3.26. The monoisotopic (exact) mass is 393 g/mol. The Bertz CT molecular complexity index is 773. The van der Waals surface area contributed by atoms with Crippen LogP contribution < -0.4 is 4.74 Å². The van der Waals surface area contributed by atoms with Gasteiger partial charge < -0.3 is 19.3 Å². The van der Waals surface area contributed by atoms with Crippen LogP contribution in [0.5, 0.6) is 5.75 Å². The first-order valence-electron chi connectivity index (χ1n) is 9.03. The summed E-state index contributed by atoms with van der Waals surface area (Å²) in [6.45, 7) is 7.92. The molecule has 0 aromatic heterocycles. The van der Waals surface area contributed by atoms with E-state index in [0.717, 1.165) is 0 Å². The summed E-state index contributed by atoms with van der Waals surface area (Å²) >= 11 is 0. The summed E-state index contributed by atoms with van der Waals surface area (Å²) < 4.78 is 11.4. The van der Waals surface area contributed by atoms with Gasteiger partial charge in [0.15, 0.2) is 0 Å². The van der Waals surface area contributed by atoms with Crippen molar-refractivity contribution in [2.75, 3.05) is 27.2 Å². The maximum atomic E-state index is 12.6. The average molecular weight is 393 g/mol. The van der Waals surface area contributed by atoms with Crippen molar-refractivity contribution in [1.29, 1.82) is 0 Å². The van der Waals surface area contributed by atoms with Crippen LogP contribution in [-0.2, 0) is 4.74 Å². The number of benzene rings is 1. The number of non-ortho nitro benzene ring substituents is 1. The van der Waals surface area contributed by atoms with E-state index in [1.54, 1.807) is 34.9 Å². The van der Waals surface area contributed by atoms with E-state index in [2.05, 4.69) is 0 Å². The number of likely N-dealkylation sites (N-methyl/N-ethyl adjacent to an activating group) is 1. The van der Waals surface area contributed by atoms with Crippen molar-refractivity contribution in [1.82, 2.24) is 9.80 Å². The molecular weight excluding hydrogens is 366 g/mol. The summed E-state index contributed by atoms with van der Waals surface area (Å²) in [5.74, 6) is -0.164. The molecule has 28 heavy (non-hydrogen) atoms. The molecule has 9 nitrogen and oxygen atoms in total. The van der Waals surface area contributed by atoms with Crippen LogP contribution in [0.25, 0.3) is 0 Å². The van der Waals surface area contributed by atoms with Gasteiger partial charge in [0.05, 0.1) is 17.0 Å². The van der Waals surface area contributed by atoms with E-state index < -0.39 is 22.7 Å². The zero-order chi connectivity index (χ0) is 21.2. The Hall–Kier alpha value is -2.84. The Morgan fingerprint density at radius 1 is 1.43 bits per heavy atom. The average Bonchev–Trinajstić information content (AvgIpc) is 2.58. The third-order valence-electron chi connectivity index (χ3n) is 4.38. The third-order valence-corrected chi connectivity index (χ3v) is 4.38. The quantitative estimate of drug-likeness (QED) is 0.578. The van der Waals surface area contributed by atoms with E-state index in [1.165, 1.54) is 28.0 Å². The van der Waals surface area contributed by atoms with Crippen molar-refractivity contribution in [2.24, 2.45) is 5.92 Å². The number of hydrogen-bond donors (Lipinski definition) is 0. The van der Waals surface area contributed by atoms with E-state index in [-0.39, 0.29) is 35.4 Å². The SMILES string of the molecule is C[C@@H]1CN(C)C(=O)c2cc([N+](=O)[O-])ccc2O[C@H]1CN(C)C(=O)OC(C)(C)C. The Labute approximate surface area is 164 Å². The van der Waals surface area contributed by atoms with Crippen LogP contribution in [0.3, 0.4) is 0 Å². The molecule has 9 heteroatoms. The normalized spacial score (nSPS) is 19.8. The van der Waals surface area contributed by atoms with Gasteiger partial charge in [-0.2, -0.15) is 0 Å². The molecule has 0 bridgehead atoms. The lowest BCUT2D eigenvalue weighted by Crippen LogP contribution is -2.47. The van der Waals surface area contributed by atoms with E-state index in [0.29, 0.717) is 6.54 Å². The maximum absolute atomic E-state index is 12.6. The lowest BCUT2D eigenvalue weighted by atomic mass is 10.0. The highest BCUT2D eigenvalue weighted by Crippen LogP contribution is 2.30. The molecule has 2 rings (SSSR count). The van der Waals surface area contributed by atoms with Crippen molar-refractivity contribution in [3.05, 3.63) is 33.9 Å². The van der Waals surface area contributed by atoms with E-state index in [1.807, 2.05) is 6.92 Å². The van der Waals surface area contributed by atoms with Crippen LogP contribution >= 0.6 is 0 Å². The zero-order valence-corrected chi connectivity index (χ0v) is 17.1. The topological polar surface area (TPSA) is 102 Å². The first-order valence-corrected chi connectivity index (χ1v) is 9.03. The second kappa shape index (κ2) is 8.04. The number of amides is 2. The summed E-state index contributed by atoms with van der Waals surface area (Å²) in [6, 6.07) is 3.95. The van der Waals surface area contributed by atoms with Gasteiger partial charge in [-0.05, 0) is 26.8 Å². The predicted octanol–water partition coefficient (Wildman–Crippen LogP) is 2.93. The van der Waals surface area contributed by atoms with Crippen molar-refractivity contribution >= 4 is 17.7 Å². The van der Waals surface area contributed by atoms with Gasteiger partial charge >= 0.3 is 6.09 Å². The van der Waals surface area contributed by atoms with Crippen molar-refractivity contribution < 1.29 is 24.0 Å². The first-order chi connectivity index (χ1) is 12.9. The number of nitro benzene ring substituents is 1. The minimum Gasteiger partial charge on any atom is -0.487 e. The van der Waals surface area contributed by atoms with Crippen molar-refractivity contribution in [2.45, 2.75) is 39.4 Å². The molecule has 0 saturated carbocycles. The Balaban J connectivity index is 2.29. The predicted molar refractivity (Wildman–Crippen MR) is 103 cm³/mol. The van der Waals surface area contributed by atoms with Gasteiger partial charge in [0.2, 0.25) is 0 Å². The minimum absolute atomic E-state index is 0.0813. The highest BCUT2D eigenvalue weighted by atomic mass is 16.6. The van der Waals surface area contributed by atoms with Gasteiger partial charge in [0.1, 0.15) is 17.5 Å². The molecule has 1 aliphatic heterocycles. The molecular formula is C19H27N3O6. The number of fused-ring (bicyclic) bond motifs is 1. The lowest BCUT2D eigenvalue weighted by molar-refractivity contribution is -0.384. The van der Waals surface area contributed by atoms with Crippen molar-refractivity contribution in [3.8, 4) is 5.75 Å². The first kappa shape index (κ1) is 21.5. The van der Waals surface area contributed by atoms with Gasteiger partial charge in [-0.15, -0.1) is 0 Å². The fraction of sp³-hybridized carbons (Fsp3) is 0.579. The van der Waals surface area contributed by atoms with Crippen LogP contribution in [-0.4, -0.2) is 65.6 Å². The fourth-order valence-electron chi connectivity index (χ4n) is 2.92. The van der Waals surface area contributed by atoms with Gasteiger partial charge in [0, 0.05) is 38.7 Å². The molecule has 0 spiro atoms. The van der Waals surface area contributed by atoms with Gasteiger partial charge in [-0.25, -0.2) is 4.79 Å². The molecule has 0 fully saturated rings. The molecule has 1 aromatic rings. The Morgan fingerprint density at radius 3 is 2.64 bits per heavy atom.